The van der Waals surface area contributed by atoms with Crippen LogP contribution < -0.4 is 0 Å². The van der Waals surface area contributed by atoms with Crippen molar-refractivity contribution in [3.05, 3.63) is 11.6 Å². The van der Waals surface area contributed by atoms with E-state index >= 15 is 0 Å². The lowest BCUT2D eigenvalue weighted by Crippen LogP contribution is -2.52. The average molecular weight is 413 g/mol. The van der Waals surface area contributed by atoms with Gasteiger partial charge in [0.2, 0.25) is 0 Å². The maximum absolute atomic E-state index is 10.7. The zero-order chi connectivity index (χ0) is 21.9. The van der Waals surface area contributed by atoms with E-state index in [0.717, 1.165) is 49.4 Å². The predicted octanol–water partition coefficient (Wildman–Crippen LogP) is 6.12. The maximum atomic E-state index is 10.7. The van der Waals surface area contributed by atoms with Crippen molar-refractivity contribution in [2.24, 2.45) is 40.4 Å². The summed E-state index contributed by atoms with van der Waals surface area (Å²) < 4.78 is 0. The summed E-state index contributed by atoms with van der Waals surface area (Å²) in [5.41, 5.74) is 0.829. The molecule has 0 spiro atoms. The Morgan fingerprint density at radius 2 is 1.90 bits per heavy atom. The molecule has 168 valence electrons. The first kappa shape index (κ1) is 22.4. The van der Waals surface area contributed by atoms with E-state index in [1.54, 1.807) is 12.5 Å². The molecule has 0 aromatic heterocycles. The van der Waals surface area contributed by atoms with Crippen molar-refractivity contribution in [2.75, 3.05) is 0 Å². The number of terminal acetylenes is 1. The van der Waals surface area contributed by atoms with Crippen LogP contribution in [0, 0.1) is 52.8 Å². The number of fused-ring (bicyclic) bond motifs is 5. The Morgan fingerprint density at radius 3 is 2.60 bits per heavy atom. The van der Waals surface area contributed by atoms with Crippen LogP contribution in [0.5, 0.6) is 0 Å². The molecular weight excluding hydrogens is 368 g/mol. The first-order valence-corrected chi connectivity index (χ1v) is 12.5. The van der Waals surface area contributed by atoms with Gasteiger partial charge in [-0.1, -0.05) is 38.3 Å². The van der Waals surface area contributed by atoms with E-state index in [-0.39, 0.29) is 0 Å². The molecule has 30 heavy (non-hydrogen) atoms. The zero-order valence-corrected chi connectivity index (χ0v) is 20.0. The van der Waals surface area contributed by atoms with Gasteiger partial charge in [-0.15, -0.1) is 6.42 Å². The van der Waals surface area contributed by atoms with Gasteiger partial charge in [0.15, 0.2) is 0 Å². The second-order valence-electron chi connectivity index (χ2n) is 12.6. The van der Waals surface area contributed by atoms with Crippen molar-refractivity contribution in [1.29, 1.82) is 0 Å². The minimum Gasteiger partial charge on any atom is -0.390 e. The fourth-order valence-electron chi connectivity index (χ4n) is 8.56. The summed E-state index contributed by atoms with van der Waals surface area (Å²) in [6.45, 7) is 11.3. The van der Waals surface area contributed by atoms with Gasteiger partial charge in [-0.3, -0.25) is 0 Å². The molecule has 2 N–H and O–H groups in total. The van der Waals surface area contributed by atoms with Crippen molar-refractivity contribution in [1.82, 2.24) is 0 Å². The van der Waals surface area contributed by atoms with E-state index < -0.39 is 11.2 Å². The average Bonchev–Trinajstić information content (AvgIpc) is 3.04. The van der Waals surface area contributed by atoms with E-state index in [4.69, 9.17) is 6.42 Å². The summed E-state index contributed by atoms with van der Waals surface area (Å²) in [6, 6.07) is 0. The topological polar surface area (TPSA) is 40.5 Å². The van der Waals surface area contributed by atoms with Crippen molar-refractivity contribution in [3.63, 3.8) is 0 Å². The largest absolute Gasteiger partial charge is 0.390 e. The van der Waals surface area contributed by atoms with Gasteiger partial charge in [0, 0.05) is 0 Å². The quantitative estimate of drug-likeness (QED) is 0.431. The Morgan fingerprint density at radius 1 is 1.17 bits per heavy atom. The van der Waals surface area contributed by atoms with Crippen LogP contribution in [0.1, 0.15) is 98.8 Å². The number of hydrogen-bond acceptors (Lipinski definition) is 2. The normalized spacial score (nSPS) is 48.4. The highest BCUT2D eigenvalue weighted by Crippen LogP contribution is 2.67. The van der Waals surface area contributed by atoms with Gasteiger partial charge in [0.1, 0.15) is 5.60 Å². The highest BCUT2D eigenvalue weighted by atomic mass is 16.3. The van der Waals surface area contributed by atoms with E-state index in [1.807, 2.05) is 6.92 Å². The lowest BCUT2D eigenvalue weighted by molar-refractivity contribution is -0.0710. The Kier molecular flexibility index (Phi) is 5.52. The zero-order valence-electron chi connectivity index (χ0n) is 20.0. The molecule has 0 aliphatic heterocycles. The van der Waals surface area contributed by atoms with E-state index in [9.17, 15) is 10.2 Å². The highest BCUT2D eigenvalue weighted by Gasteiger charge is 2.59. The van der Waals surface area contributed by atoms with Crippen molar-refractivity contribution >= 4 is 0 Å². The van der Waals surface area contributed by atoms with Crippen LogP contribution in [0.15, 0.2) is 11.6 Å². The van der Waals surface area contributed by atoms with Crippen LogP contribution in [0.2, 0.25) is 0 Å². The first-order chi connectivity index (χ1) is 13.9. The molecule has 3 fully saturated rings. The molecular formula is C28H44O2. The molecule has 4 aliphatic carbocycles. The third-order valence-corrected chi connectivity index (χ3v) is 10.5. The maximum Gasteiger partial charge on any atom is 0.122 e. The third-order valence-electron chi connectivity index (χ3n) is 10.5. The second kappa shape index (κ2) is 7.38. The lowest BCUT2D eigenvalue weighted by atomic mass is 9.46. The van der Waals surface area contributed by atoms with Crippen LogP contribution in [-0.2, 0) is 0 Å². The van der Waals surface area contributed by atoms with Gasteiger partial charge in [0.05, 0.1) is 5.60 Å². The number of rotatable bonds is 4. The summed E-state index contributed by atoms with van der Waals surface area (Å²) in [5, 5.41) is 20.9. The van der Waals surface area contributed by atoms with Gasteiger partial charge in [-0.2, -0.15) is 0 Å². The molecule has 9 atom stereocenters. The standard InChI is InChI=1S/C28H44O2/c1-7-25(3,29)14-12-19(2)22-10-11-23-21-9-8-20-18-26(4,30)16-17-27(20,5)24(21)13-15-28(22,23)6/h1,8,19,21-24,29-30H,9-18H2,2-6H3/t19-,21+,22-,23+,24+,25?,26+,27+,28-/m1/s1. The number of hydrogen-bond donors (Lipinski definition) is 2. The molecule has 4 aliphatic rings. The second-order valence-corrected chi connectivity index (χ2v) is 12.6. The molecule has 0 aromatic rings. The molecule has 0 heterocycles. The molecule has 3 saturated carbocycles. The Bertz CT molecular complexity index is 740. The van der Waals surface area contributed by atoms with E-state index in [1.165, 1.54) is 32.1 Å². The number of aliphatic hydroxyl groups is 2. The van der Waals surface area contributed by atoms with Crippen LogP contribution in [-0.4, -0.2) is 21.4 Å². The Hall–Kier alpha value is -0.780. The number of allylic oxidation sites excluding steroid dienone is 1. The fourth-order valence-corrected chi connectivity index (χ4v) is 8.56. The van der Waals surface area contributed by atoms with E-state index in [0.29, 0.717) is 23.2 Å². The summed E-state index contributed by atoms with van der Waals surface area (Å²) in [7, 11) is 0. The van der Waals surface area contributed by atoms with Crippen molar-refractivity contribution < 1.29 is 10.2 Å². The molecule has 0 bridgehead atoms. The van der Waals surface area contributed by atoms with E-state index in [2.05, 4.69) is 32.8 Å². The Balaban J connectivity index is 1.51. The monoisotopic (exact) mass is 412 g/mol. The SMILES string of the molecule is C#CC(C)(O)CC[C@@H](C)[C@H]1CC[C@H]2[C@@H]3CC=C4C[C@@](C)(O)CC[C@]4(C)[C@H]3CC[C@]12C. The van der Waals surface area contributed by atoms with Gasteiger partial charge >= 0.3 is 0 Å². The summed E-state index contributed by atoms with van der Waals surface area (Å²) in [4.78, 5) is 0. The van der Waals surface area contributed by atoms with Crippen molar-refractivity contribution in [3.8, 4) is 12.3 Å². The summed E-state index contributed by atoms with van der Waals surface area (Å²) >= 11 is 0. The van der Waals surface area contributed by atoms with Crippen LogP contribution in [0.3, 0.4) is 0 Å². The molecule has 0 amide bonds. The molecule has 1 unspecified atom stereocenters. The van der Waals surface area contributed by atoms with Gasteiger partial charge in [-0.25, -0.2) is 0 Å². The third kappa shape index (κ3) is 3.59. The van der Waals surface area contributed by atoms with Crippen LogP contribution in [0.4, 0.5) is 0 Å². The predicted molar refractivity (Wildman–Crippen MR) is 124 cm³/mol. The lowest BCUT2D eigenvalue weighted by Gasteiger charge is -2.59. The molecule has 2 nitrogen and oxygen atoms in total. The van der Waals surface area contributed by atoms with Gasteiger partial charge in [-0.05, 0) is 118 Å². The fraction of sp³-hybridized carbons (Fsp3) is 0.857. The summed E-state index contributed by atoms with van der Waals surface area (Å²) in [5.74, 6) is 6.36. The molecule has 0 radical (unpaired) electrons. The minimum absolute atomic E-state index is 0.307. The molecule has 0 saturated heterocycles. The molecule has 4 rings (SSSR count). The van der Waals surface area contributed by atoms with Gasteiger partial charge in [0.25, 0.3) is 0 Å². The van der Waals surface area contributed by atoms with Crippen LogP contribution >= 0.6 is 0 Å². The minimum atomic E-state index is -0.966. The van der Waals surface area contributed by atoms with Crippen LogP contribution in [0.25, 0.3) is 0 Å². The molecule has 2 heteroatoms. The Labute approximate surface area is 184 Å². The van der Waals surface area contributed by atoms with Gasteiger partial charge < -0.3 is 10.2 Å². The molecule has 0 aromatic carbocycles. The van der Waals surface area contributed by atoms with Crippen molar-refractivity contribution in [2.45, 2.75) is 110 Å². The smallest absolute Gasteiger partial charge is 0.122 e. The first-order valence-electron chi connectivity index (χ1n) is 12.5. The summed E-state index contributed by atoms with van der Waals surface area (Å²) in [6.07, 6.45) is 19.4. The highest BCUT2D eigenvalue weighted by molar-refractivity contribution is 5.26.